The first-order valence-corrected chi connectivity index (χ1v) is 12.1. The number of esters is 1. The number of amides is 1. The highest BCUT2D eigenvalue weighted by Crippen LogP contribution is 2.34. The van der Waals surface area contributed by atoms with Gasteiger partial charge in [0, 0.05) is 13.0 Å². The molecule has 0 saturated heterocycles. The van der Waals surface area contributed by atoms with Gasteiger partial charge in [0.05, 0.1) is 45.7 Å². The molecule has 0 radical (unpaired) electrons. The van der Waals surface area contributed by atoms with Crippen LogP contribution in [0.15, 0.2) is 24.3 Å². The number of nitrogens with one attached hydrogen (secondary N) is 1. The quantitative estimate of drug-likeness (QED) is 0.514. The molecule has 0 unspecified atom stereocenters. The molecule has 3 aromatic rings. The van der Waals surface area contributed by atoms with Crippen molar-refractivity contribution in [1.29, 1.82) is 0 Å². The van der Waals surface area contributed by atoms with Gasteiger partial charge in [-0.2, -0.15) is 5.10 Å². The number of aromatic nitrogens is 3. The molecule has 1 aromatic carbocycles. The van der Waals surface area contributed by atoms with Gasteiger partial charge in [0.25, 0.3) is 0 Å². The van der Waals surface area contributed by atoms with E-state index in [2.05, 4.69) is 16.5 Å². The molecule has 7 nitrogen and oxygen atoms in total. The lowest BCUT2D eigenvalue weighted by atomic mass is 9.78. The minimum absolute atomic E-state index is 0.0245. The van der Waals surface area contributed by atoms with E-state index in [-0.39, 0.29) is 18.4 Å². The maximum atomic E-state index is 13.4. The van der Waals surface area contributed by atoms with Crippen molar-refractivity contribution < 1.29 is 14.3 Å². The summed E-state index contributed by atoms with van der Waals surface area (Å²) in [6.07, 6.45) is 4.87. The van der Waals surface area contributed by atoms with E-state index in [1.54, 1.807) is 11.3 Å². The molecule has 1 aliphatic heterocycles. The van der Waals surface area contributed by atoms with Gasteiger partial charge < -0.3 is 10.1 Å². The van der Waals surface area contributed by atoms with Crippen LogP contribution in [0.25, 0.3) is 10.2 Å². The number of nitrogens with zero attached hydrogens (tertiary/aromatic N) is 3. The summed E-state index contributed by atoms with van der Waals surface area (Å²) in [7, 11) is 1.38. The molecule has 2 aromatic heterocycles. The largest absolute Gasteiger partial charge is 0.465 e. The number of carbonyl (C=O) groups is 2. The van der Waals surface area contributed by atoms with E-state index in [0.29, 0.717) is 30.5 Å². The van der Waals surface area contributed by atoms with Crippen LogP contribution in [0.4, 0.5) is 0 Å². The smallest absolute Gasteiger partial charge is 0.341 e. The Balaban J connectivity index is 1.55. The summed E-state index contributed by atoms with van der Waals surface area (Å²) in [6.45, 7) is 5.10. The van der Waals surface area contributed by atoms with Crippen molar-refractivity contribution in [3.8, 4) is 0 Å². The average Bonchev–Trinajstić information content (AvgIpc) is 3.40. The van der Waals surface area contributed by atoms with Gasteiger partial charge in [-0.3, -0.25) is 9.48 Å². The Kier molecular flexibility index (Phi) is 6.60. The number of aryl methyl sites for hydroxylation is 1. The van der Waals surface area contributed by atoms with Crippen LogP contribution in [-0.2, 0) is 35.5 Å². The van der Waals surface area contributed by atoms with Gasteiger partial charge in [-0.25, -0.2) is 9.78 Å². The number of thiazole rings is 1. The fourth-order valence-corrected chi connectivity index (χ4v) is 5.66. The minimum atomic E-state index is -0.557. The van der Waals surface area contributed by atoms with Crippen molar-refractivity contribution in [3.63, 3.8) is 0 Å². The molecule has 0 saturated carbocycles. The van der Waals surface area contributed by atoms with Crippen LogP contribution in [-0.4, -0.2) is 33.8 Å². The standard InChI is InChI=1S/C24H30N4O3S/c1-4-24(5-2,14-20-26-16-10-6-7-12-19(16)32-20)23(30)25-15-17-21(22(29)31-3)18-11-8-9-13-28(18)27-17/h6-7,10,12H,4-5,8-9,11,13-15H2,1-3H3,(H,25,30). The van der Waals surface area contributed by atoms with Gasteiger partial charge in [-0.15, -0.1) is 11.3 Å². The van der Waals surface area contributed by atoms with E-state index in [1.807, 2.05) is 36.7 Å². The van der Waals surface area contributed by atoms with Crippen LogP contribution in [0.3, 0.4) is 0 Å². The zero-order valence-electron chi connectivity index (χ0n) is 18.9. The third kappa shape index (κ3) is 4.16. The van der Waals surface area contributed by atoms with Crippen LogP contribution < -0.4 is 5.32 Å². The zero-order chi connectivity index (χ0) is 22.7. The zero-order valence-corrected chi connectivity index (χ0v) is 19.8. The van der Waals surface area contributed by atoms with E-state index in [9.17, 15) is 9.59 Å². The number of methoxy groups -OCH3 is 1. The molecule has 0 fully saturated rings. The molecule has 170 valence electrons. The lowest BCUT2D eigenvalue weighted by molar-refractivity contribution is -0.131. The third-order valence-corrected chi connectivity index (χ3v) is 7.67. The highest BCUT2D eigenvalue weighted by atomic mass is 32.1. The van der Waals surface area contributed by atoms with Crippen molar-refractivity contribution in [2.45, 2.75) is 65.5 Å². The molecule has 8 heteroatoms. The summed E-state index contributed by atoms with van der Waals surface area (Å²) < 4.78 is 8.04. The average molecular weight is 455 g/mol. The maximum absolute atomic E-state index is 13.4. The lowest BCUT2D eigenvalue weighted by Crippen LogP contribution is -2.41. The molecule has 0 atom stereocenters. The number of rotatable bonds is 8. The first-order valence-electron chi connectivity index (χ1n) is 11.3. The van der Waals surface area contributed by atoms with E-state index in [1.165, 1.54) is 7.11 Å². The Bertz CT molecular complexity index is 1100. The van der Waals surface area contributed by atoms with Gasteiger partial charge in [0.1, 0.15) is 5.56 Å². The Hall–Kier alpha value is -2.74. The van der Waals surface area contributed by atoms with Crippen molar-refractivity contribution >= 4 is 33.4 Å². The van der Waals surface area contributed by atoms with Crippen LogP contribution in [0.2, 0.25) is 0 Å². The van der Waals surface area contributed by atoms with Gasteiger partial charge in [0.2, 0.25) is 5.91 Å². The van der Waals surface area contributed by atoms with Gasteiger partial charge in [-0.05, 0) is 44.2 Å². The molecule has 1 aliphatic rings. The maximum Gasteiger partial charge on any atom is 0.341 e. The van der Waals surface area contributed by atoms with Crippen molar-refractivity contribution in [1.82, 2.24) is 20.1 Å². The number of para-hydroxylation sites is 1. The first kappa shape index (κ1) is 22.5. The van der Waals surface area contributed by atoms with Crippen molar-refractivity contribution in [2.75, 3.05) is 7.11 Å². The highest BCUT2D eigenvalue weighted by molar-refractivity contribution is 7.18. The van der Waals surface area contributed by atoms with Crippen LogP contribution in [0, 0.1) is 5.41 Å². The number of ether oxygens (including phenoxy) is 1. The number of hydrogen-bond donors (Lipinski definition) is 1. The Morgan fingerprint density at radius 2 is 2.00 bits per heavy atom. The van der Waals surface area contributed by atoms with Gasteiger partial charge in [0.15, 0.2) is 0 Å². The molecule has 4 rings (SSSR count). The number of hydrogen-bond acceptors (Lipinski definition) is 6. The molecular formula is C24H30N4O3S. The van der Waals surface area contributed by atoms with Gasteiger partial charge in [-0.1, -0.05) is 26.0 Å². The summed E-state index contributed by atoms with van der Waals surface area (Å²) in [5.74, 6) is -0.410. The Morgan fingerprint density at radius 1 is 1.22 bits per heavy atom. The van der Waals surface area contributed by atoms with E-state index >= 15 is 0 Å². The molecule has 3 heterocycles. The summed E-state index contributed by atoms with van der Waals surface area (Å²) in [5.41, 5.74) is 2.43. The molecule has 0 spiro atoms. The van der Waals surface area contributed by atoms with Crippen LogP contribution in [0.5, 0.6) is 0 Å². The second-order valence-electron chi connectivity index (χ2n) is 8.36. The van der Waals surface area contributed by atoms with Crippen LogP contribution >= 0.6 is 11.3 Å². The van der Waals surface area contributed by atoms with Crippen molar-refractivity contribution in [2.24, 2.45) is 5.41 Å². The monoisotopic (exact) mass is 454 g/mol. The molecule has 1 N–H and O–H groups in total. The third-order valence-electron chi connectivity index (χ3n) is 6.63. The predicted molar refractivity (Wildman–Crippen MR) is 125 cm³/mol. The number of benzene rings is 1. The molecule has 1 amide bonds. The summed E-state index contributed by atoms with van der Waals surface area (Å²) in [4.78, 5) is 30.6. The first-order chi connectivity index (χ1) is 15.5. The number of fused-ring (bicyclic) bond motifs is 2. The number of carbonyl (C=O) groups excluding carboxylic acids is 2. The second-order valence-corrected chi connectivity index (χ2v) is 9.48. The summed E-state index contributed by atoms with van der Waals surface area (Å²) in [6, 6.07) is 8.05. The second kappa shape index (κ2) is 9.40. The fraction of sp³-hybridized carbons (Fsp3) is 0.500. The Labute approximate surface area is 192 Å². The van der Waals surface area contributed by atoms with Crippen molar-refractivity contribution in [3.05, 3.63) is 46.2 Å². The molecule has 0 aliphatic carbocycles. The lowest BCUT2D eigenvalue weighted by Gasteiger charge is -2.29. The van der Waals surface area contributed by atoms with E-state index in [4.69, 9.17) is 9.72 Å². The summed E-state index contributed by atoms with van der Waals surface area (Å²) >= 11 is 1.65. The fourth-order valence-electron chi connectivity index (χ4n) is 4.54. The SMILES string of the molecule is CCC(CC)(Cc1nc2ccccc2s1)C(=O)NCc1nn2c(c1C(=O)OC)CCCC2. The highest BCUT2D eigenvalue weighted by Gasteiger charge is 2.36. The van der Waals surface area contributed by atoms with Gasteiger partial charge >= 0.3 is 5.97 Å². The predicted octanol–water partition coefficient (Wildman–Crippen LogP) is 4.28. The van der Waals surface area contributed by atoms with E-state index in [0.717, 1.165) is 46.7 Å². The summed E-state index contributed by atoms with van der Waals surface area (Å²) in [5, 5.41) is 8.68. The Morgan fingerprint density at radius 3 is 2.72 bits per heavy atom. The molecular weight excluding hydrogens is 424 g/mol. The van der Waals surface area contributed by atoms with E-state index < -0.39 is 5.41 Å². The molecule has 32 heavy (non-hydrogen) atoms. The topological polar surface area (TPSA) is 86.1 Å². The molecule has 0 bridgehead atoms. The normalized spacial score (nSPS) is 13.7. The minimum Gasteiger partial charge on any atom is -0.465 e. The van der Waals surface area contributed by atoms with Crippen LogP contribution in [0.1, 0.15) is 66.3 Å².